The van der Waals surface area contributed by atoms with Crippen molar-refractivity contribution in [2.24, 2.45) is 5.92 Å². The average Bonchev–Trinajstić information content (AvgIpc) is 3.39. The number of carbonyl (C=O) groups excluding carboxylic acids is 5. The Morgan fingerprint density at radius 3 is 1.74 bits per heavy atom. The molecule has 0 aliphatic heterocycles. The van der Waals surface area contributed by atoms with E-state index in [9.17, 15) is 24.0 Å². The summed E-state index contributed by atoms with van der Waals surface area (Å²) in [4.78, 5) is 64.7. The molecule has 54 heavy (non-hydrogen) atoms. The van der Waals surface area contributed by atoms with Crippen LogP contribution >= 0.6 is 23.2 Å². The van der Waals surface area contributed by atoms with Gasteiger partial charge in [-0.1, -0.05) is 41.4 Å². The van der Waals surface area contributed by atoms with E-state index in [1.54, 1.807) is 131 Å². The van der Waals surface area contributed by atoms with Crippen molar-refractivity contribution in [3.63, 3.8) is 0 Å². The third-order valence-electron chi connectivity index (χ3n) is 8.28. The topological polar surface area (TPSA) is 125 Å². The summed E-state index contributed by atoms with van der Waals surface area (Å²) in [5.41, 5.74) is -1.02. The number of ether oxygens (including phenoxy) is 3. The van der Waals surface area contributed by atoms with Crippen molar-refractivity contribution >= 4 is 52.4 Å². The second-order valence-electron chi connectivity index (χ2n) is 13.3. The molecule has 0 fully saturated rings. The number of ketones is 3. The first-order valence-corrected chi connectivity index (χ1v) is 17.7. The van der Waals surface area contributed by atoms with E-state index in [0.29, 0.717) is 38.2 Å². The number of allylic oxidation sites excluding steroid dienone is 5. The summed E-state index contributed by atoms with van der Waals surface area (Å²) in [5, 5.41) is 3.68. The van der Waals surface area contributed by atoms with Crippen LogP contribution in [0.4, 0.5) is 0 Å². The lowest BCUT2D eigenvalue weighted by Gasteiger charge is -2.25. The van der Waals surface area contributed by atoms with Crippen LogP contribution in [-0.2, 0) is 14.3 Å². The normalized spacial score (nSPS) is 14.0. The van der Waals surface area contributed by atoms with Gasteiger partial charge in [-0.3, -0.25) is 19.2 Å². The van der Waals surface area contributed by atoms with E-state index in [4.69, 9.17) is 37.4 Å². The number of halogens is 2. The maximum absolute atomic E-state index is 13.1. The minimum atomic E-state index is -1.40. The first-order valence-electron chi connectivity index (χ1n) is 16.9. The van der Waals surface area contributed by atoms with Crippen LogP contribution in [0.15, 0.2) is 133 Å². The van der Waals surface area contributed by atoms with E-state index >= 15 is 0 Å². The zero-order chi connectivity index (χ0) is 39.0. The number of esters is 1. The predicted molar refractivity (Wildman–Crippen MR) is 206 cm³/mol. The minimum absolute atomic E-state index is 0.113. The SMILES string of the molecule is CC(C)(OC1=CC=CC(C(=O)c2ccc(Cl)cc2)C=C1)C(=O)NCC(=O)c1ccc(OC(=O)C(C)(C)Oc2ccc(C(=O)c3ccc(Cl)cc3)cc2)cc1. The van der Waals surface area contributed by atoms with Crippen LogP contribution in [0.2, 0.25) is 10.0 Å². The van der Waals surface area contributed by atoms with E-state index in [0.717, 1.165) is 0 Å². The Hall–Kier alpha value is -5.77. The molecule has 1 aliphatic carbocycles. The van der Waals surface area contributed by atoms with Gasteiger partial charge in [0.25, 0.3) is 5.91 Å². The van der Waals surface area contributed by atoms with E-state index in [-0.39, 0.29) is 35.2 Å². The van der Waals surface area contributed by atoms with Crippen LogP contribution in [0, 0.1) is 5.92 Å². The second-order valence-corrected chi connectivity index (χ2v) is 14.2. The molecule has 9 nitrogen and oxygen atoms in total. The van der Waals surface area contributed by atoms with Gasteiger partial charge in [0.05, 0.1) is 12.5 Å². The lowest BCUT2D eigenvalue weighted by atomic mass is 9.97. The quantitative estimate of drug-likeness (QED) is 0.0769. The molecule has 4 aromatic carbocycles. The zero-order valence-electron chi connectivity index (χ0n) is 29.9. The standard InChI is InChI=1S/C43H37Cl2NO8/c1-42(2,53-35-7-5-6-28(14-23-35)38(48)29-8-17-32(44)18-9-29)40(50)46-26-37(47)27-12-21-34(22-13-27)52-41(51)43(3,4)54-36-24-15-31(16-25-36)39(49)30-10-19-33(45)20-11-30/h5-25,28H,26H2,1-4H3,(H,46,50). The molecule has 0 bridgehead atoms. The third kappa shape index (κ3) is 10.2. The molecular formula is C43H37Cl2NO8. The van der Waals surface area contributed by atoms with E-state index in [1.165, 1.54) is 24.3 Å². The molecule has 11 heteroatoms. The first kappa shape index (κ1) is 39.4. The summed E-state index contributed by atoms with van der Waals surface area (Å²) in [5.74, 6) is -1.50. The number of hydrogen-bond donors (Lipinski definition) is 1. The highest BCUT2D eigenvalue weighted by molar-refractivity contribution is 6.31. The van der Waals surface area contributed by atoms with Crippen molar-refractivity contribution in [1.82, 2.24) is 5.32 Å². The Bertz CT molecular complexity index is 2130. The van der Waals surface area contributed by atoms with Gasteiger partial charge < -0.3 is 19.5 Å². The van der Waals surface area contributed by atoms with Crippen LogP contribution in [0.1, 0.15) is 64.3 Å². The largest absolute Gasteiger partial charge is 0.478 e. The summed E-state index contributed by atoms with van der Waals surface area (Å²) in [6, 6.07) is 25.5. The Balaban J connectivity index is 1.09. The summed E-state index contributed by atoms with van der Waals surface area (Å²) in [6.07, 6.45) is 8.38. The third-order valence-corrected chi connectivity index (χ3v) is 8.79. The number of nitrogens with one attached hydrogen (secondary N) is 1. The fraction of sp³-hybridized carbons (Fsp3) is 0.186. The fourth-order valence-corrected chi connectivity index (χ4v) is 5.42. The van der Waals surface area contributed by atoms with E-state index in [2.05, 4.69) is 5.32 Å². The van der Waals surface area contributed by atoms with Gasteiger partial charge in [-0.05, 0) is 137 Å². The van der Waals surface area contributed by atoms with Crippen molar-refractivity contribution in [3.05, 3.63) is 166 Å². The van der Waals surface area contributed by atoms with Crippen LogP contribution in [0.3, 0.4) is 0 Å². The minimum Gasteiger partial charge on any atom is -0.478 e. The van der Waals surface area contributed by atoms with Gasteiger partial charge >= 0.3 is 5.97 Å². The number of hydrogen-bond acceptors (Lipinski definition) is 8. The molecule has 4 aromatic rings. The molecule has 276 valence electrons. The maximum Gasteiger partial charge on any atom is 0.355 e. The van der Waals surface area contributed by atoms with Crippen LogP contribution in [0.5, 0.6) is 11.5 Å². The molecule has 1 unspecified atom stereocenters. The summed E-state index contributed by atoms with van der Waals surface area (Å²) in [7, 11) is 0. The Morgan fingerprint density at radius 1 is 0.630 bits per heavy atom. The molecule has 0 saturated carbocycles. The van der Waals surface area contributed by atoms with Gasteiger partial charge in [0.1, 0.15) is 17.3 Å². The van der Waals surface area contributed by atoms with Gasteiger partial charge in [-0.15, -0.1) is 0 Å². The Labute approximate surface area is 323 Å². The molecule has 1 N–H and O–H groups in total. The van der Waals surface area contributed by atoms with Crippen molar-refractivity contribution in [1.29, 1.82) is 0 Å². The highest BCUT2D eigenvalue weighted by Crippen LogP contribution is 2.25. The fourth-order valence-electron chi connectivity index (χ4n) is 5.17. The van der Waals surface area contributed by atoms with Gasteiger partial charge in [0.15, 0.2) is 23.0 Å². The maximum atomic E-state index is 13.1. The van der Waals surface area contributed by atoms with Crippen molar-refractivity contribution in [2.75, 3.05) is 6.54 Å². The van der Waals surface area contributed by atoms with Gasteiger partial charge in [0.2, 0.25) is 5.60 Å². The molecular weight excluding hydrogens is 729 g/mol. The van der Waals surface area contributed by atoms with Crippen LogP contribution in [0.25, 0.3) is 0 Å². The smallest absolute Gasteiger partial charge is 0.355 e. The lowest BCUT2D eigenvalue weighted by molar-refractivity contribution is -0.149. The van der Waals surface area contributed by atoms with Crippen LogP contribution in [-0.4, -0.2) is 47.0 Å². The highest BCUT2D eigenvalue weighted by atomic mass is 35.5. The molecule has 0 radical (unpaired) electrons. The molecule has 0 aromatic heterocycles. The van der Waals surface area contributed by atoms with Gasteiger partial charge in [-0.2, -0.15) is 0 Å². The number of amides is 1. The summed E-state index contributed by atoms with van der Waals surface area (Å²) < 4.78 is 17.4. The molecule has 0 spiro atoms. The van der Waals surface area contributed by atoms with E-state index < -0.39 is 29.0 Å². The van der Waals surface area contributed by atoms with Gasteiger partial charge in [0, 0.05) is 32.3 Å². The monoisotopic (exact) mass is 765 g/mol. The van der Waals surface area contributed by atoms with Crippen LogP contribution < -0.4 is 14.8 Å². The van der Waals surface area contributed by atoms with E-state index in [1.807, 2.05) is 0 Å². The van der Waals surface area contributed by atoms with Crippen molar-refractivity contribution in [2.45, 2.75) is 38.9 Å². The highest BCUT2D eigenvalue weighted by Gasteiger charge is 2.33. The lowest BCUT2D eigenvalue weighted by Crippen LogP contribution is -2.45. The summed E-state index contributed by atoms with van der Waals surface area (Å²) in [6.45, 7) is 5.93. The molecule has 0 saturated heterocycles. The zero-order valence-corrected chi connectivity index (χ0v) is 31.4. The summed E-state index contributed by atoms with van der Waals surface area (Å²) >= 11 is 11.9. The van der Waals surface area contributed by atoms with Crippen molar-refractivity contribution in [3.8, 4) is 11.5 Å². The molecule has 1 aliphatic rings. The number of benzene rings is 4. The molecule has 0 heterocycles. The molecule has 1 amide bonds. The first-order chi connectivity index (χ1) is 25.6. The Morgan fingerprint density at radius 2 is 1.15 bits per heavy atom. The molecule has 1 atom stereocenters. The average molecular weight is 767 g/mol. The molecule has 5 rings (SSSR count). The Kier molecular flexibility index (Phi) is 12.4. The van der Waals surface area contributed by atoms with Gasteiger partial charge in [-0.25, -0.2) is 4.79 Å². The van der Waals surface area contributed by atoms with Crippen molar-refractivity contribution < 1.29 is 38.2 Å². The number of carbonyl (C=O) groups is 5. The second kappa shape index (κ2) is 16.9. The number of rotatable bonds is 14. The number of Topliss-reactive ketones (excluding diaryl/α,β-unsaturated/α-hetero) is 2. The predicted octanol–water partition coefficient (Wildman–Crippen LogP) is 8.59.